The number of fused-ring (bicyclic) bond motifs is 1. The molecule has 0 fully saturated rings. The van der Waals surface area contributed by atoms with Crippen molar-refractivity contribution in [1.29, 1.82) is 0 Å². The molecule has 1 aliphatic heterocycles. The third kappa shape index (κ3) is 1.35. The number of rotatable bonds is 0. The molecule has 0 aliphatic carbocycles. The Balaban J connectivity index is 2.47. The Bertz CT molecular complexity index is 336. The minimum atomic E-state index is 0.283. The summed E-state index contributed by atoms with van der Waals surface area (Å²) in [5.41, 5.74) is 8.32. The summed E-state index contributed by atoms with van der Waals surface area (Å²) in [5.74, 6) is 0.283. The monoisotopic (exact) mass is 178 g/mol. The normalized spacial score (nSPS) is 17.0. The van der Waals surface area contributed by atoms with E-state index in [4.69, 9.17) is 5.73 Å². The minimum Gasteiger partial charge on any atom is -0.505 e. The quantitative estimate of drug-likeness (QED) is 0.459. The third-order valence-electron chi connectivity index (χ3n) is 2.59. The van der Waals surface area contributed by atoms with Gasteiger partial charge in [-0.3, -0.25) is 0 Å². The molecule has 1 heterocycles. The van der Waals surface area contributed by atoms with Crippen LogP contribution >= 0.6 is 0 Å². The molecule has 2 rings (SSSR count). The molecule has 3 nitrogen and oxygen atoms in total. The molecule has 0 amide bonds. The van der Waals surface area contributed by atoms with E-state index < -0.39 is 0 Å². The fraction of sp³-hybridized carbons (Fsp3) is 0.400. The van der Waals surface area contributed by atoms with Crippen molar-refractivity contribution >= 4 is 5.69 Å². The molecule has 0 unspecified atom stereocenters. The van der Waals surface area contributed by atoms with Crippen molar-refractivity contribution in [3.63, 3.8) is 0 Å². The van der Waals surface area contributed by atoms with E-state index in [1.807, 2.05) is 6.07 Å². The fourth-order valence-electron chi connectivity index (χ4n) is 1.80. The molecule has 0 saturated heterocycles. The molecule has 0 atom stereocenters. The molecular weight excluding hydrogens is 164 g/mol. The van der Waals surface area contributed by atoms with Gasteiger partial charge < -0.3 is 15.7 Å². The molecular formula is C10H14N2O. The van der Waals surface area contributed by atoms with Crippen molar-refractivity contribution in [3.8, 4) is 5.75 Å². The van der Waals surface area contributed by atoms with Crippen LogP contribution in [0.15, 0.2) is 12.1 Å². The van der Waals surface area contributed by atoms with Gasteiger partial charge in [-0.25, -0.2) is 0 Å². The van der Waals surface area contributed by atoms with Crippen molar-refractivity contribution < 1.29 is 5.11 Å². The first kappa shape index (κ1) is 8.38. The molecule has 13 heavy (non-hydrogen) atoms. The number of aromatic hydroxyl groups is 1. The van der Waals surface area contributed by atoms with Gasteiger partial charge in [0.05, 0.1) is 5.69 Å². The second-order valence-corrected chi connectivity index (χ2v) is 3.63. The highest BCUT2D eigenvalue weighted by Gasteiger charge is 2.17. The van der Waals surface area contributed by atoms with Gasteiger partial charge >= 0.3 is 0 Å². The highest BCUT2D eigenvalue weighted by molar-refractivity contribution is 5.59. The maximum Gasteiger partial charge on any atom is 0.142 e. The van der Waals surface area contributed by atoms with Gasteiger partial charge in [0, 0.05) is 18.7 Å². The standard InChI is InChI=1S/C10H14N2O/c1-12-5-4-8-7(6-12)2-3-9(11)10(8)13/h2-3,13H,4-6,11H2,1H3. The van der Waals surface area contributed by atoms with Gasteiger partial charge in [0.25, 0.3) is 0 Å². The Hall–Kier alpha value is -1.22. The molecule has 1 aliphatic rings. The Morgan fingerprint density at radius 1 is 1.46 bits per heavy atom. The number of hydrogen-bond donors (Lipinski definition) is 2. The first-order chi connectivity index (χ1) is 6.18. The van der Waals surface area contributed by atoms with Crippen LogP contribution in [0.4, 0.5) is 5.69 Å². The largest absolute Gasteiger partial charge is 0.505 e. The van der Waals surface area contributed by atoms with Gasteiger partial charge in [-0.15, -0.1) is 0 Å². The lowest BCUT2D eigenvalue weighted by molar-refractivity contribution is 0.308. The van der Waals surface area contributed by atoms with Crippen molar-refractivity contribution in [1.82, 2.24) is 4.90 Å². The third-order valence-corrected chi connectivity index (χ3v) is 2.59. The van der Waals surface area contributed by atoms with E-state index in [0.717, 1.165) is 25.1 Å². The number of hydrogen-bond acceptors (Lipinski definition) is 3. The first-order valence-corrected chi connectivity index (χ1v) is 4.46. The van der Waals surface area contributed by atoms with Crippen molar-refractivity contribution in [2.75, 3.05) is 19.3 Å². The predicted octanol–water partition coefficient (Wildman–Crippen LogP) is 0.962. The van der Waals surface area contributed by atoms with Gasteiger partial charge in [0.2, 0.25) is 0 Å². The lowest BCUT2D eigenvalue weighted by Gasteiger charge is -2.25. The summed E-state index contributed by atoms with van der Waals surface area (Å²) < 4.78 is 0. The van der Waals surface area contributed by atoms with E-state index in [9.17, 15) is 5.11 Å². The summed E-state index contributed by atoms with van der Waals surface area (Å²) in [6.45, 7) is 1.90. The molecule has 0 saturated carbocycles. The number of nitrogens with zero attached hydrogens (tertiary/aromatic N) is 1. The van der Waals surface area contributed by atoms with Crippen molar-refractivity contribution in [2.24, 2.45) is 0 Å². The van der Waals surface area contributed by atoms with Gasteiger partial charge in [-0.05, 0) is 25.1 Å². The van der Waals surface area contributed by atoms with Gasteiger partial charge in [0.15, 0.2) is 0 Å². The smallest absolute Gasteiger partial charge is 0.142 e. The lowest BCUT2D eigenvalue weighted by atomic mass is 9.98. The number of nitrogen functional groups attached to an aromatic ring is 1. The van der Waals surface area contributed by atoms with E-state index in [-0.39, 0.29) is 5.75 Å². The minimum absolute atomic E-state index is 0.283. The molecule has 0 bridgehead atoms. The van der Waals surface area contributed by atoms with Crippen LogP contribution in [-0.2, 0) is 13.0 Å². The van der Waals surface area contributed by atoms with Crippen LogP contribution in [0.5, 0.6) is 5.75 Å². The van der Waals surface area contributed by atoms with Crippen LogP contribution in [0.2, 0.25) is 0 Å². The zero-order valence-electron chi connectivity index (χ0n) is 7.75. The lowest BCUT2D eigenvalue weighted by Crippen LogP contribution is -2.26. The summed E-state index contributed by atoms with van der Waals surface area (Å²) in [6, 6.07) is 3.77. The summed E-state index contributed by atoms with van der Waals surface area (Å²) >= 11 is 0. The molecule has 1 aromatic carbocycles. The van der Waals surface area contributed by atoms with Crippen LogP contribution < -0.4 is 5.73 Å². The molecule has 3 heteroatoms. The second-order valence-electron chi connectivity index (χ2n) is 3.63. The Labute approximate surface area is 77.8 Å². The van der Waals surface area contributed by atoms with E-state index in [0.29, 0.717) is 5.69 Å². The van der Waals surface area contributed by atoms with Crippen LogP contribution in [0.1, 0.15) is 11.1 Å². The predicted molar refractivity (Wildman–Crippen MR) is 52.6 cm³/mol. The number of benzene rings is 1. The van der Waals surface area contributed by atoms with Crippen LogP contribution in [0.25, 0.3) is 0 Å². The van der Waals surface area contributed by atoms with E-state index >= 15 is 0 Å². The van der Waals surface area contributed by atoms with Crippen LogP contribution in [0.3, 0.4) is 0 Å². The van der Waals surface area contributed by atoms with Gasteiger partial charge in [-0.1, -0.05) is 6.07 Å². The van der Waals surface area contributed by atoms with E-state index in [1.54, 1.807) is 6.07 Å². The summed E-state index contributed by atoms with van der Waals surface area (Å²) in [4.78, 5) is 2.23. The number of phenolic OH excluding ortho intramolecular Hbond substituents is 1. The number of nitrogens with two attached hydrogens (primary N) is 1. The summed E-state index contributed by atoms with van der Waals surface area (Å²) in [6.07, 6.45) is 0.892. The Morgan fingerprint density at radius 3 is 3.00 bits per heavy atom. The van der Waals surface area contributed by atoms with Gasteiger partial charge in [-0.2, -0.15) is 0 Å². The molecule has 0 radical (unpaired) electrons. The fourth-order valence-corrected chi connectivity index (χ4v) is 1.80. The number of phenols is 1. The van der Waals surface area contributed by atoms with Crippen molar-refractivity contribution in [2.45, 2.75) is 13.0 Å². The van der Waals surface area contributed by atoms with E-state index in [2.05, 4.69) is 11.9 Å². The Kier molecular flexibility index (Phi) is 1.88. The molecule has 3 N–H and O–H groups in total. The maximum absolute atomic E-state index is 9.69. The SMILES string of the molecule is CN1CCc2c(ccc(N)c2O)C1. The first-order valence-electron chi connectivity index (χ1n) is 4.46. The average Bonchev–Trinajstić information content (AvgIpc) is 2.12. The van der Waals surface area contributed by atoms with Gasteiger partial charge in [0.1, 0.15) is 5.75 Å². The summed E-state index contributed by atoms with van der Waals surface area (Å²) in [5, 5.41) is 9.69. The van der Waals surface area contributed by atoms with E-state index in [1.165, 1.54) is 5.56 Å². The van der Waals surface area contributed by atoms with Crippen LogP contribution in [0, 0.1) is 0 Å². The molecule has 70 valence electrons. The number of anilines is 1. The number of likely N-dealkylation sites (N-methyl/N-ethyl adjacent to an activating group) is 1. The maximum atomic E-state index is 9.69. The zero-order chi connectivity index (χ0) is 9.42. The average molecular weight is 178 g/mol. The Morgan fingerprint density at radius 2 is 2.23 bits per heavy atom. The van der Waals surface area contributed by atoms with Crippen molar-refractivity contribution in [3.05, 3.63) is 23.3 Å². The highest BCUT2D eigenvalue weighted by Crippen LogP contribution is 2.31. The highest BCUT2D eigenvalue weighted by atomic mass is 16.3. The second kappa shape index (κ2) is 2.92. The zero-order valence-corrected chi connectivity index (χ0v) is 7.75. The van der Waals surface area contributed by atoms with Crippen LogP contribution in [-0.4, -0.2) is 23.6 Å². The molecule has 1 aromatic rings. The molecule has 0 spiro atoms. The topological polar surface area (TPSA) is 49.5 Å². The molecule has 0 aromatic heterocycles. The summed E-state index contributed by atoms with van der Waals surface area (Å²) in [7, 11) is 2.08.